The summed E-state index contributed by atoms with van der Waals surface area (Å²) in [6.07, 6.45) is 0. The average Bonchev–Trinajstić information content (AvgIpc) is 3.15. The van der Waals surface area contributed by atoms with Gasteiger partial charge in [-0.15, -0.1) is 0 Å². The number of benzene rings is 6. The lowest BCUT2D eigenvalue weighted by atomic mass is 10.2. The third kappa shape index (κ3) is 27.5. The molecule has 61 heavy (non-hydrogen) atoms. The zero-order valence-electron chi connectivity index (χ0n) is 31.1. The lowest BCUT2D eigenvalue weighted by molar-refractivity contribution is 0.119. The first-order chi connectivity index (χ1) is 25.2. The van der Waals surface area contributed by atoms with E-state index >= 15 is 0 Å². The van der Waals surface area contributed by atoms with Crippen molar-refractivity contribution in [1.82, 2.24) is 0 Å². The van der Waals surface area contributed by atoms with Crippen molar-refractivity contribution in [3.63, 3.8) is 0 Å². The molecule has 0 N–H and O–H groups in total. The van der Waals surface area contributed by atoms with Crippen LogP contribution in [0.4, 0.5) is 0 Å². The van der Waals surface area contributed by atoms with Gasteiger partial charge in [0.15, 0.2) is 0 Å². The maximum absolute atomic E-state index is 5.58. The first-order valence-electron chi connectivity index (χ1n) is 17.4. The Kier molecular flexibility index (Phi) is 40.7. The van der Waals surface area contributed by atoms with Gasteiger partial charge in [0.2, 0.25) is 13.6 Å². The second-order valence-electron chi connectivity index (χ2n) is 12.4. The van der Waals surface area contributed by atoms with Crippen LogP contribution >= 0.6 is 0 Å². The molecule has 0 spiro atoms. The van der Waals surface area contributed by atoms with Gasteiger partial charge in [0.05, 0.1) is 0 Å². The molecule has 342 valence electrons. The molecule has 0 atom stereocenters. The predicted octanol–water partition coefficient (Wildman–Crippen LogP) is 16.9. The smallest absolute Gasteiger partial charge is 0.230 e. The molecule has 6 nitrogen and oxygen atoms in total. The highest BCUT2D eigenvalue weighted by Crippen LogP contribution is 2.17. The SMILES string of the molecule is C.C.C.C.C.C.C.C.C.Cc1ccc(OCCOc2ccc(C)cc2)cc1.Cc1ccc(OCOc2ccc(C)cc2)cc1.Cc1ccc(OCOc2ccc(C)cc2)cc1. The second-order valence-corrected chi connectivity index (χ2v) is 12.4. The van der Waals surface area contributed by atoms with Crippen molar-refractivity contribution in [3.8, 4) is 34.5 Å². The van der Waals surface area contributed by atoms with Gasteiger partial charge in [0, 0.05) is 0 Å². The summed E-state index contributed by atoms with van der Waals surface area (Å²) in [7, 11) is 0. The molecule has 0 amide bonds. The Morgan fingerprint density at radius 2 is 0.344 bits per heavy atom. The Hall–Kier alpha value is -5.88. The molecular formula is C55H86O6. The van der Waals surface area contributed by atoms with Crippen LogP contribution in [-0.4, -0.2) is 26.8 Å². The van der Waals surface area contributed by atoms with Crippen molar-refractivity contribution >= 4 is 0 Å². The Morgan fingerprint density at radius 1 is 0.213 bits per heavy atom. The summed E-state index contributed by atoms with van der Waals surface area (Å²) in [5.74, 6) is 5.05. The van der Waals surface area contributed by atoms with Crippen LogP contribution in [0.3, 0.4) is 0 Å². The Morgan fingerprint density at radius 3 is 0.492 bits per heavy atom. The van der Waals surface area contributed by atoms with Crippen LogP contribution in [0.5, 0.6) is 34.5 Å². The lowest BCUT2D eigenvalue weighted by Crippen LogP contribution is -2.08. The molecule has 6 rings (SSSR count). The zero-order chi connectivity index (χ0) is 37.0. The van der Waals surface area contributed by atoms with E-state index in [-0.39, 0.29) is 80.4 Å². The van der Waals surface area contributed by atoms with Gasteiger partial charge in [-0.25, -0.2) is 0 Å². The van der Waals surface area contributed by atoms with Gasteiger partial charge in [-0.2, -0.15) is 0 Å². The number of hydrogen-bond donors (Lipinski definition) is 0. The van der Waals surface area contributed by atoms with E-state index in [0.717, 1.165) is 34.5 Å². The van der Waals surface area contributed by atoms with E-state index in [2.05, 4.69) is 13.8 Å². The topological polar surface area (TPSA) is 55.4 Å². The van der Waals surface area contributed by atoms with Crippen molar-refractivity contribution in [1.29, 1.82) is 0 Å². The molecule has 6 aromatic rings. The van der Waals surface area contributed by atoms with Crippen molar-refractivity contribution in [2.45, 2.75) is 108 Å². The summed E-state index contributed by atoms with van der Waals surface area (Å²) in [6.45, 7) is 13.9. The second kappa shape index (κ2) is 37.1. The Bertz CT molecular complexity index is 1600. The predicted molar refractivity (Wildman–Crippen MR) is 271 cm³/mol. The number of rotatable bonds is 13. The van der Waals surface area contributed by atoms with Crippen LogP contribution in [0.1, 0.15) is 100 Å². The van der Waals surface area contributed by atoms with E-state index in [9.17, 15) is 0 Å². The maximum Gasteiger partial charge on any atom is 0.230 e. The van der Waals surface area contributed by atoms with E-state index in [1.54, 1.807) is 0 Å². The first kappa shape index (κ1) is 66.9. The highest BCUT2D eigenvalue weighted by molar-refractivity contribution is 5.30. The summed E-state index contributed by atoms with van der Waals surface area (Å²) in [5, 5.41) is 0. The third-order valence-electron chi connectivity index (χ3n) is 7.65. The number of aryl methyl sites for hydroxylation is 6. The van der Waals surface area contributed by atoms with E-state index in [0.29, 0.717) is 13.2 Å². The minimum atomic E-state index is 0. The molecule has 0 aliphatic carbocycles. The average molecular weight is 843 g/mol. The van der Waals surface area contributed by atoms with Gasteiger partial charge in [-0.1, -0.05) is 173 Å². The molecule has 0 fully saturated rings. The lowest BCUT2D eigenvalue weighted by Gasteiger charge is -2.08. The van der Waals surface area contributed by atoms with E-state index < -0.39 is 0 Å². The van der Waals surface area contributed by atoms with Gasteiger partial charge >= 0.3 is 0 Å². The highest BCUT2D eigenvalue weighted by Gasteiger charge is 1.98. The molecule has 0 saturated heterocycles. The molecule has 0 aromatic heterocycles. The number of hydrogen-bond acceptors (Lipinski definition) is 6. The van der Waals surface area contributed by atoms with Gasteiger partial charge in [-0.3, -0.25) is 0 Å². The number of ether oxygens (including phenoxy) is 6. The summed E-state index contributed by atoms with van der Waals surface area (Å²) < 4.78 is 33.1. The quantitative estimate of drug-likeness (QED) is 0.0853. The summed E-state index contributed by atoms with van der Waals surface area (Å²) in [5.41, 5.74) is 7.35. The van der Waals surface area contributed by atoms with Crippen LogP contribution in [-0.2, 0) is 0 Å². The molecule has 0 unspecified atom stereocenters. The summed E-state index contributed by atoms with van der Waals surface area (Å²) in [6, 6.07) is 47.7. The molecule has 0 aliphatic heterocycles. The molecule has 0 saturated carbocycles. The van der Waals surface area contributed by atoms with Crippen molar-refractivity contribution in [2.24, 2.45) is 0 Å². The molecule has 6 aromatic carbocycles. The van der Waals surface area contributed by atoms with Gasteiger partial charge in [-0.05, 0) is 114 Å². The zero-order valence-corrected chi connectivity index (χ0v) is 31.1. The normalized spacial score (nSPS) is 8.56. The van der Waals surface area contributed by atoms with Crippen molar-refractivity contribution < 1.29 is 28.4 Å². The van der Waals surface area contributed by atoms with Crippen LogP contribution in [0.15, 0.2) is 146 Å². The third-order valence-corrected chi connectivity index (χ3v) is 7.65. The molecule has 0 heterocycles. The fourth-order valence-corrected chi connectivity index (χ4v) is 4.46. The van der Waals surface area contributed by atoms with E-state index in [1.165, 1.54) is 33.4 Å². The summed E-state index contributed by atoms with van der Waals surface area (Å²) >= 11 is 0. The largest absolute Gasteiger partial charge is 0.490 e. The van der Waals surface area contributed by atoms with Crippen LogP contribution in [0, 0.1) is 41.5 Å². The van der Waals surface area contributed by atoms with Crippen LogP contribution < -0.4 is 28.4 Å². The van der Waals surface area contributed by atoms with Crippen LogP contribution in [0.2, 0.25) is 0 Å². The van der Waals surface area contributed by atoms with Gasteiger partial charge in [0.1, 0.15) is 47.7 Å². The molecular weight excluding hydrogens is 757 g/mol. The van der Waals surface area contributed by atoms with Crippen molar-refractivity contribution in [3.05, 3.63) is 179 Å². The summed E-state index contributed by atoms with van der Waals surface area (Å²) in [4.78, 5) is 0. The minimum absolute atomic E-state index is 0. The minimum Gasteiger partial charge on any atom is -0.490 e. The molecule has 0 aliphatic rings. The Balaban J connectivity index is -0.000000173. The maximum atomic E-state index is 5.58. The van der Waals surface area contributed by atoms with Gasteiger partial charge < -0.3 is 28.4 Å². The first-order valence-corrected chi connectivity index (χ1v) is 17.4. The van der Waals surface area contributed by atoms with Gasteiger partial charge in [0.25, 0.3) is 0 Å². The molecule has 0 bridgehead atoms. The fraction of sp³-hybridized carbons (Fsp3) is 0.345. The highest BCUT2D eigenvalue weighted by atomic mass is 16.7. The monoisotopic (exact) mass is 843 g/mol. The van der Waals surface area contributed by atoms with E-state index in [1.807, 2.05) is 173 Å². The van der Waals surface area contributed by atoms with Crippen molar-refractivity contribution in [2.75, 3.05) is 26.8 Å². The van der Waals surface area contributed by atoms with Crippen LogP contribution in [0.25, 0.3) is 0 Å². The fourth-order valence-electron chi connectivity index (χ4n) is 4.46. The molecule has 0 radical (unpaired) electrons. The Labute approximate surface area is 375 Å². The molecule has 6 heteroatoms. The van der Waals surface area contributed by atoms with E-state index in [4.69, 9.17) is 28.4 Å². The standard InChI is InChI=1S/C16H18O2.2C15H16O2.9CH4/c1-13-3-7-15(8-4-13)17-11-12-18-16-9-5-14(2)6-10-16;2*1-12-3-7-14(8-4-12)16-11-17-15-9-5-13(2)6-10-15;;;;;;;;;/h3-10H,11-12H2,1-2H3;2*3-10H,11H2,1-2H3;9*1H4.